The predicted octanol–water partition coefficient (Wildman–Crippen LogP) is 2.21. The summed E-state index contributed by atoms with van der Waals surface area (Å²) < 4.78 is 0. The molecule has 0 saturated carbocycles. The molecule has 2 aliphatic heterocycles. The standard InChI is InChI=1S/C20H26N6O/c1-24-10-12-26(13-11-24)19(27)16-14-21-20(22-15-16)23-17-4-6-18(7-5-17)25-8-2-3-9-25/h4-7,14-15H,2-3,8-13H2,1H3,(H,21,22,23). The molecule has 4 rings (SSSR count). The van der Waals surface area contributed by atoms with E-state index in [2.05, 4.69) is 44.3 Å². The molecule has 3 heterocycles. The van der Waals surface area contributed by atoms with Crippen LogP contribution in [0, 0.1) is 0 Å². The van der Waals surface area contributed by atoms with Crippen molar-refractivity contribution in [2.24, 2.45) is 0 Å². The van der Waals surface area contributed by atoms with Gasteiger partial charge < -0.3 is 20.0 Å². The Labute approximate surface area is 160 Å². The second kappa shape index (κ2) is 7.92. The van der Waals surface area contributed by atoms with E-state index >= 15 is 0 Å². The molecule has 1 aromatic carbocycles. The molecule has 0 radical (unpaired) electrons. The maximum Gasteiger partial charge on any atom is 0.257 e. The van der Waals surface area contributed by atoms with Crippen LogP contribution in [0.25, 0.3) is 0 Å². The highest BCUT2D eigenvalue weighted by Crippen LogP contribution is 2.23. The van der Waals surface area contributed by atoms with Gasteiger partial charge in [0.15, 0.2) is 0 Å². The zero-order chi connectivity index (χ0) is 18.6. The van der Waals surface area contributed by atoms with Gasteiger partial charge >= 0.3 is 0 Å². The maximum atomic E-state index is 12.5. The van der Waals surface area contributed by atoms with Crippen molar-refractivity contribution in [3.8, 4) is 0 Å². The summed E-state index contributed by atoms with van der Waals surface area (Å²) in [6.45, 7) is 5.58. The average molecular weight is 366 g/mol. The Hall–Kier alpha value is -2.67. The smallest absolute Gasteiger partial charge is 0.257 e. The van der Waals surface area contributed by atoms with E-state index in [4.69, 9.17) is 0 Å². The van der Waals surface area contributed by atoms with Crippen LogP contribution in [0.2, 0.25) is 0 Å². The molecule has 7 nitrogen and oxygen atoms in total. The SMILES string of the molecule is CN1CCN(C(=O)c2cnc(Nc3ccc(N4CCCC4)cc3)nc2)CC1. The fraction of sp³-hybridized carbons (Fsp3) is 0.450. The zero-order valence-electron chi connectivity index (χ0n) is 15.8. The number of carbonyl (C=O) groups is 1. The molecule has 27 heavy (non-hydrogen) atoms. The van der Waals surface area contributed by atoms with E-state index < -0.39 is 0 Å². The molecule has 2 aliphatic rings. The third kappa shape index (κ3) is 4.19. The molecule has 7 heteroatoms. The number of piperazine rings is 1. The van der Waals surface area contributed by atoms with Gasteiger partial charge in [0.1, 0.15) is 0 Å². The van der Waals surface area contributed by atoms with E-state index in [0.717, 1.165) is 45.0 Å². The lowest BCUT2D eigenvalue weighted by Gasteiger charge is -2.32. The minimum atomic E-state index is 0.00427. The van der Waals surface area contributed by atoms with Gasteiger partial charge in [0, 0.05) is 63.0 Å². The van der Waals surface area contributed by atoms with Crippen molar-refractivity contribution >= 4 is 23.2 Å². The maximum absolute atomic E-state index is 12.5. The van der Waals surface area contributed by atoms with Gasteiger partial charge in [-0.25, -0.2) is 9.97 Å². The van der Waals surface area contributed by atoms with Crippen molar-refractivity contribution in [3.05, 3.63) is 42.2 Å². The molecule has 1 aromatic heterocycles. The zero-order valence-corrected chi connectivity index (χ0v) is 15.8. The van der Waals surface area contributed by atoms with Crippen molar-refractivity contribution < 1.29 is 4.79 Å². The Kier molecular flexibility index (Phi) is 5.20. The van der Waals surface area contributed by atoms with Crippen LogP contribution in [0.5, 0.6) is 0 Å². The summed E-state index contributed by atoms with van der Waals surface area (Å²) in [4.78, 5) is 27.7. The molecule has 1 amide bonds. The predicted molar refractivity (Wildman–Crippen MR) is 107 cm³/mol. The van der Waals surface area contributed by atoms with Crippen LogP contribution in [-0.4, -0.2) is 72.0 Å². The van der Waals surface area contributed by atoms with Gasteiger partial charge in [0.05, 0.1) is 5.56 Å². The number of benzene rings is 1. The van der Waals surface area contributed by atoms with E-state index in [9.17, 15) is 4.79 Å². The van der Waals surface area contributed by atoms with Crippen LogP contribution in [-0.2, 0) is 0 Å². The highest BCUT2D eigenvalue weighted by Gasteiger charge is 2.20. The van der Waals surface area contributed by atoms with Crippen LogP contribution in [0.4, 0.5) is 17.3 Å². The number of hydrogen-bond acceptors (Lipinski definition) is 6. The number of rotatable bonds is 4. The number of nitrogens with zero attached hydrogens (tertiary/aromatic N) is 5. The first-order valence-electron chi connectivity index (χ1n) is 9.61. The van der Waals surface area contributed by atoms with Crippen LogP contribution < -0.4 is 10.2 Å². The molecule has 0 unspecified atom stereocenters. The Bertz CT molecular complexity index is 762. The molecular formula is C20H26N6O. The summed E-state index contributed by atoms with van der Waals surface area (Å²) in [6, 6.07) is 8.33. The normalized spacial score (nSPS) is 18.0. The third-order valence-corrected chi connectivity index (χ3v) is 5.28. The molecule has 142 valence electrons. The summed E-state index contributed by atoms with van der Waals surface area (Å²) in [7, 11) is 2.07. The molecule has 0 aliphatic carbocycles. The summed E-state index contributed by atoms with van der Waals surface area (Å²) >= 11 is 0. The van der Waals surface area contributed by atoms with E-state index in [1.54, 1.807) is 12.4 Å². The Morgan fingerprint density at radius 3 is 2.19 bits per heavy atom. The van der Waals surface area contributed by atoms with Crippen molar-refractivity contribution in [1.82, 2.24) is 19.8 Å². The molecule has 1 N–H and O–H groups in total. The monoisotopic (exact) mass is 366 g/mol. The van der Waals surface area contributed by atoms with Crippen LogP contribution in [0.1, 0.15) is 23.2 Å². The highest BCUT2D eigenvalue weighted by molar-refractivity contribution is 5.93. The molecule has 2 saturated heterocycles. The fourth-order valence-electron chi connectivity index (χ4n) is 3.56. The summed E-state index contributed by atoms with van der Waals surface area (Å²) in [6.07, 6.45) is 5.75. The van der Waals surface area contributed by atoms with Crippen LogP contribution in [0.3, 0.4) is 0 Å². The van der Waals surface area contributed by atoms with Gasteiger partial charge in [-0.05, 0) is 44.2 Å². The van der Waals surface area contributed by atoms with Crippen molar-refractivity contribution in [2.45, 2.75) is 12.8 Å². The Morgan fingerprint density at radius 2 is 1.56 bits per heavy atom. The van der Waals surface area contributed by atoms with Gasteiger partial charge in [-0.1, -0.05) is 0 Å². The van der Waals surface area contributed by atoms with Gasteiger partial charge in [-0.3, -0.25) is 4.79 Å². The van der Waals surface area contributed by atoms with Crippen molar-refractivity contribution in [3.63, 3.8) is 0 Å². The number of aromatic nitrogens is 2. The first-order chi connectivity index (χ1) is 13.2. The van der Waals surface area contributed by atoms with E-state index in [-0.39, 0.29) is 5.91 Å². The van der Waals surface area contributed by atoms with Crippen LogP contribution in [0.15, 0.2) is 36.7 Å². The fourth-order valence-corrected chi connectivity index (χ4v) is 3.56. The lowest BCUT2D eigenvalue weighted by Crippen LogP contribution is -2.47. The minimum Gasteiger partial charge on any atom is -0.372 e. The second-order valence-electron chi connectivity index (χ2n) is 7.26. The van der Waals surface area contributed by atoms with E-state index in [1.165, 1.54) is 18.5 Å². The number of anilines is 3. The topological polar surface area (TPSA) is 64.6 Å². The lowest BCUT2D eigenvalue weighted by atomic mass is 10.2. The molecule has 2 aromatic rings. The number of carbonyl (C=O) groups excluding carboxylic acids is 1. The molecule has 0 spiro atoms. The Morgan fingerprint density at radius 1 is 0.926 bits per heavy atom. The van der Waals surface area contributed by atoms with Gasteiger partial charge in [0.25, 0.3) is 5.91 Å². The quantitative estimate of drug-likeness (QED) is 0.895. The highest BCUT2D eigenvalue weighted by atomic mass is 16.2. The van der Waals surface area contributed by atoms with Gasteiger partial charge in [-0.2, -0.15) is 0 Å². The number of nitrogens with one attached hydrogen (secondary N) is 1. The van der Waals surface area contributed by atoms with Gasteiger partial charge in [-0.15, -0.1) is 0 Å². The molecule has 0 atom stereocenters. The Balaban J connectivity index is 1.36. The third-order valence-electron chi connectivity index (χ3n) is 5.28. The van der Waals surface area contributed by atoms with E-state index in [1.807, 2.05) is 17.0 Å². The summed E-state index contributed by atoms with van der Waals surface area (Å²) in [5.74, 6) is 0.503. The van der Waals surface area contributed by atoms with E-state index in [0.29, 0.717) is 11.5 Å². The van der Waals surface area contributed by atoms with Crippen molar-refractivity contribution in [2.75, 3.05) is 56.5 Å². The van der Waals surface area contributed by atoms with Crippen LogP contribution >= 0.6 is 0 Å². The first-order valence-corrected chi connectivity index (χ1v) is 9.61. The number of likely N-dealkylation sites (N-methyl/N-ethyl adjacent to an activating group) is 1. The summed E-state index contributed by atoms with van der Waals surface area (Å²) in [5, 5.41) is 3.20. The number of amides is 1. The largest absolute Gasteiger partial charge is 0.372 e. The van der Waals surface area contributed by atoms with Gasteiger partial charge in [0.2, 0.25) is 5.95 Å². The van der Waals surface area contributed by atoms with Crippen molar-refractivity contribution in [1.29, 1.82) is 0 Å². The second-order valence-corrected chi connectivity index (χ2v) is 7.26. The molecule has 0 bridgehead atoms. The minimum absolute atomic E-state index is 0.00427. The number of hydrogen-bond donors (Lipinski definition) is 1. The lowest BCUT2D eigenvalue weighted by molar-refractivity contribution is 0.0663. The molecular weight excluding hydrogens is 340 g/mol. The average Bonchev–Trinajstić information content (AvgIpc) is 3.24. The summed E-state index contributed by atoms with van der Waals surface area (Å²) in [5.41, 5.74) is 2.73. The molecule has 2 fully saturated rings. The first kappa shape index (κ1) is 17.7.